The van der Waals surface area contributed by atoms with Crippen LogP contribution in [-0.2, 0) is 22.7 Å². The van der Waals surface area contributed by atoms with Crippen molar-refractivity contribution in [1.29, 1.82) is 0 Å². The Morgan fingerprint density at radius 1 is 1.18 bits per heavy atom. The predicted octanol–water partition coefficient (Wildman–Crippen LogP) is 4.02. The van der Waals surface area contributed by atoms with Gasteiger partial charge in [-0.2, -0.15) is 4.98 Å². The number of aryl methyl sites for hydroxylation is 2. The number of anilines is 1. The fourth-order valence-electron chi connectivity index (χ4n) is 4.90. The van der Waals surface area contributed by atoms with Crippen LogP contribution in [0.3, 0.4) is 0 Å². The van der Waals surface area contributed by atoms with Gasteiger partial charge in [0.25, 0.3) is 5.95 Å². The number of piperidine rings is 1. The normalized spacial score (nSPS) is 18.7. The van der Waals surface area contributed by atoms with Crippen LogP contribution in [0.4, 0.5) is 5.95 Å². The van der Waals surface area contributed by atoms with Crippen LogP contribution in [0.15, 0.2) is 39.9 Å². The molecule has 2 aliphatic rings. The van der Waals surface area contributed by atoms with Gasteiger partial charge in [0.15, 0.2) is 9.84 Å². The van der Waals surface area contributed by atoms with Gasteiger partial charge in [-0.15, -0.1) is 0 Å². The van der Waals surface area contributed by atoms with Crippen molar-refractivity contribution < 1.29 is 17.7 Å². The molecule has 0 spiro atoms. The van der Waals surface area contributed by atoms with Gasteiger partial charge in [-0.05, 0) is 61.0 Å². The van der Waals surface area contributed by atoms with Crippen LogP contribution < -0.4 is 9.64 Å². The van der Waals surface area contributed by atoms with Crippen molar-refractivity contribution in [3.63, 3.8) is 0 Å². The Morgan fingerprint density at radius 2 is 1.97 bits per heavy atom. The van der Waals surface area contributed by atoms with Crippen molar-refractivity contribution in [3.05, 3.63) is 47.5 Å². The highest BCUT2D eigenvalue weighted by Gasteiger charge is 2.34. The van der Waals surface area contributed by atoms with Gasteiger partial charge in [-0.1, -0.05) is 13.0 Å². The van der Waals surface area contributed by atoms with Crippen molar-refractivity contribution >= 4 is 15.8 Å². The molecular weight excluding hydrogens is 452 g/mol. The van der Waals surface area contributed by atoms with Crippen LogP contribution in [0.25, 0.3) is 11.3 Å². The smallest absolute Gasteiger partial charge is 0.266 e. The SMILES string of the molecule is CCCc1nc(N2CCC(C3Cc4cc(-c5ccc(S(C)(=O)=O)cc5C)ncc4O3)CC2)no1. The second kappa shape index (κ2) is 9.02. The van der Waals surface area contributed by atoms with E-state index in [1.54, 1.807) is 18.3 Å². The highest BCUT2D eigenvalue weighted by atomic mass is 32.2. The predicted molar refractivity (Wildman–Crippen MR) is 129 cm³/mol. The summed E-state index contributed by atoms with van der Waals surface area (Å²) in [5, 5.41) is 4.14. The summed E-state index contributed by atoms with van der Waals surface area (Å²) in [6.45, 7) is 5.80. The van der Waals surface area contributed by atoms with Gasteiger partial charge in [0.2, 0.25) is 5.89 Å². The number of benzene rings is 1. The minimum absolute atomic E-state index is 0.142. The lowest BCUT2D eigenvalue weighted by molar-refractivity contribution is 0.138. The van der Waals surface area contributed by atoms with E-state index in [4.69, 9.17) is 9.26 Å². The number of fused-ring (bicyclic) bond motifs is 1. The van der Waals surface area contributed by atoms with Gasteiger partial charge < -0.3 is 14.2 Å². The summed E-state index contributed by atoms with van der Waals surface area (Å²) in [6.07, 6.45) is 7.87. The van der Waals surface area contributed by atoms with Crippen LogP contribution in [0.2, 0.25) is 0 Å². The van der Waals surface area contributed by atoms with Crippen LogP contribution in [0, 0.1) is 12.8 Å². The molecule has 34 heavy (non-hydrogen) atoms. The molecule has 0 radical (unpaired) electrons. The average molecular weight is 483 g/mol. The minimum atomic E-state index is -3.23. The third-order valence-electron chi connectivity index (χ3n) is 6.82. The second-order valence-corrected chi connectivity index (χ2v) is 11.4. The lowest BCUT2D eigenvalue weighted by atomic mass is 9.89. The lowest BCUT2D eigenvalue weighted by Crippen LogP contribution is -2.39. The van der Waals surface area contributed by atoms with Crippen LogP contribution in [0.5, 0.6) is 5.75 Å². The number of ether oxygens (including phenoxy) is 1. The molecule has 1 fully saturated rings. The first-order valence-corrected chi connectivity index (χ1v) is 13.7. The number of rotatable bonds is 6. The summed E-state index contributed by atoms with van der Waals surface area (Å²) in [7, 11) is -3.23. The quantitative estimate of drug-likeness (QED) is 0.520. The van der Waals surface area contributed by atoms with Crippen LogP contribution >= 0.6 is 0 Å². The molecule has 0 saturated carbocycles. The highest BCUT2D eigenvalue weighted by Crippen LogP contribution is 2.37. The van der Waals surface area contributed by atoms with E-state index >= 15 is 0 Å². The average Bonchev–Trinajstić information content (AvgIpc) is 3.45. The zero-order valence-electron chi connectivity index (χ0n) is 19.8. The molecule has 0 bridgehead atoms. The van der Waals surface area contributed by atoms with Gasteiger partial charge in [0.05, 0.1) is 16.8 Å². The molecule has 3 aromatic rings. The van der Waals surface area contributed by atoms with E-state index in [1.807, 2.05) is 13.0 Å². The molecule has 0 amide bonds. The third-order valence-corrected chi connectivity index (χ3v) is 7.93. The summed E-state index contributed by atoms with van der Waals surface area (Å²) in [4.78, 5) is 11.7. The lowest BCUT2D eigenvalue weighted by Gasteiger charge is -2.33. The zero-order chi connectivity index (χ0) is 23.9. The van der Waals surface area contributed by atoms with Gasteiger partial charge in [0.1, 0.15) is 11.9 Å². The Balaban J connectivity index is 1.24. The molecule has 1 aromatic carbocycles. The Labute approximate surface area is 200 Å². The maximum Gasteiger partial charge on any atom is 0.266 e. The molecule has 2 aliphatic heterocycles. The molecular formula is C25H30N4O4S. The van der Waals surface area contributed by atoms with Crippen molar-refractivity contribution in [2.45, 2.75) is 57.0 Å². The topological polar surface area (TPSA) is 98.4 Å². The number of nitrogens with zero attached hydrogens (tertiary/aromatic N) is 4. The van der Waals surface area contributed by atoms with E-state index in [2.05, 4.69) is 33.0 Å². The monoisotopic (exact) mass is 482 g/mol. The largest absolute Gasteiger partial charge is 0.488 e. The first kappa shape index (κ1) is 22.8. The fraction of sp³-hybridized carbons (Fsp3) is 0.480. The van der Waals surface area contributed by atoms with Crippen molar-refractivity contribution in [2.24, 2.45) is 5.92 Å². The maximum absolute atomic E-state index is 11.9. The molecule has 180 valence electrons. The maximum atomic E-state index is 11.9. The molecule has 8 nitrogen and oxygen atoms in total. The molecule has 1 unspecified atom stereocenters. The van der Waals surface area contributed by atoms with Crippen LogP contribution in [0.1, 0.15) is 43.2 Å². The summed E-state index contributed by atoms with van der Waals surface area (Å²) < 4.78 is 35.3. The Hall–Kier alpha value is -2.94. The molecule has 5 rings (SSSR count). The molecule has 0 N–H and O–H groups in total. The molecule has 0 aliphatic carbocycles. The third kappa shape index (κ3) is 4.53. The standard InChI is InChI=1S/C25H30N4O4S/c1-4-5-24-27-25(28-33-24)29-10-8-17(9-11-29)22-14-18-13-21(26-15-23(18)32-22)20-7-6-19(12-16(20)2)34(3,30)31/h6-7,12-13,15,17,22H,4-5,8-11,14H2,1-3H3. The first-order chi connectivity index (χ1) is 16.3. The van der Waals surface area contributed by atoms with Gasteiger partial charge >= 0.3 is 0 Å². The number of hydrogen-bond donors (Lipinski definition) is 0. The van der Waals surface area contributed by atoms with E-state index in [-0.39, 0.29) is 6.10 Å². The molecule has 4 heterocycles. The molecule has 2 aromatic heterocycles. The Kier molecular flexibility index (Phi) is 6.06. The summed E-state index contributed by atoms with van der Waals surface area (Å²) >= 11 is 0. The summed E-state index contributed by atoms with van der Waals surface area (Å²) in [5.41, 5.74) is 3.83. The van der Waals surface area contributed by atoms with Gasteiger partial charge in [-0.25, -0.2) is 8.42 Å². The molecule has 1 atom stereocenters. The Morgan fingerprint density at radius 3 is 2.68 bits per heavy atom. The van der Waals surface area contributed by atoms with E-state index in [0.717, 1.165) is 73.3 Å². The fourth-order valence-corrected chi connectivity index (χ4v) is 5.60. The van der Waals surface area contributed by atoms with E-state index in [0.29, 0.717) is 22.7 Å². The number of sulfone groups is 1. The summed E-state index contributed by atoms with van der Waals surface area (Å²) in [6, 6.07) is 7.28. The van der Waals surface area contributed by atoms with Crippen molar-refractivity contribution in [2.75, 3.05) is 24.2 Å². The highest BCUT2D eigenvalue weighted by molar-refractivity contribution is 7.90. The first-order valence-electron chi connectivity index (χ1n) is 11.9. The zero-order valence-corrected chi connectivity index (χ0v) is 20.6. The van der Waals surface area contributed by atoms with Gasteiger partial charge in [0, 0.05) is 43.3 Å². The van der Waals surface area contributed by atoms with E-state index < -0.39 is 9.84 Å². The van der Waals surface area contributed by atoms with Crippen molar-refractivity contribution in [1.82, 2.24) is 15.1 Å². The van der Waals surface area contributed by atoms with Gasteiger partial charge in [-0.3, -0.25) is 4.98 Å². The summed E-state index contributed by atoms with van der Waals surface area (Å²) in [5.74, 6) is 2.72. The van der Waals surface area contributed by atoms with E-state index in [9.17, 15) is 8.42 Å². The van der Waals surface area contributed by atoms with E-state index in [1.165, 1.54) is 6.26 Å². The molecule has 1 saturated heterocycles. The van der Waals surface area contributed by atoms with Crippen LogP contribution in [-0.4, -0.2) is 49.0 Å². The second-order valence-electron chi connectivity index (χ2n) is 9.35. The Bertz CT molecular complexity index is 1300. The molecule has 9 heteroatoms. The van der Waals surface area contributed by atoms with Crippen molar-refractivity contribution in [3.8, 4) is 17.0 Å². The number of hydrogen-bond acceptors (Lipinski definition) is 8. The number of pyridine rings is 1. The minimum Gasteiger partial charge on any atom is -0.488 e. The number of aromatic nitrogens is 3.